The van der Waals surface area contributed by atoms with Crippen molar-refractivity contribution in [3.63, 3.8) is 0 Å². The molecule has 0 amide bonds. The van der Waals surface area contributed by atoms with Crippen LogP contribution < -0.4 is 5.73 Å². The summed E-state index contributed by atoms with van der Waals surface area (Å²) >= 11 is 0. The average molecular weight is 285 g/mol. The number of nitrogen functional groups attached to an aromatic ring is 1. The molecule has 108 valence electrons. The van der Waals surface area contributed by atoms with E-state index in [1.807, 2.05) is 0 Å². The number of hydrogen-bond acceptors (Lipinski definition) is 3. The van der Waals surface area contributed by atoms with Gasteiger partial charge in [0.15, 0.2) is 0 Å². The third-order valence-electron chi connectivity index (χ3n) is 3.22. The third kappa shape index (κ3) is 3.20. The fourth-order valence-corrected chi connectivity index (χ4v) is 2.23. The van der Waals surface area contributed by atoms with Gasteiger partial charge in [0.25, 0.3) is 0 Å². The number of hydrogen-bond donors (Lipinski definition) is 3. The van der Waals surface area contributed by atoms with Gasteiger partial charge in [0.2, 0.25) is 0 Å². The van der Waals surface area contributed by atoms with Crippen LogP contribution in [0.4, 0.5) is 5.69 Å². The Morgan fingerprint density at radius 2 is 1.48 bits per heavy atom. The minimum Gasteiger partial charge on any atom is -0.478 e. The molecule has 0 radical (unpaired) electrons. The molecule has 0 aliphatic heterocycles. The molecular weight excluding hydrogens is 270 g/mol. The maximum atomic E-state index is 11.4. The Balaban J connectivity index is 2.56. The van der Waals surface area contributed by atoms with Gasteiger partial charge in [-0.3, -0.25) is 0 Å². The van der Waals surface area contributed by atoms with Crippen LogP contribution in [0.2, 0.25) is 0 Å². The quantitative estimate of drug-likeness (QED) is 0.749. The lowest BCUT2D eigenvalue weighted by Gasteiger charge is -2.12. The summed E-state index contributed by atoms with van der Waals surface area (Å²) in [5.41, 5.74) is 7.94. The summed E-state index contributed by atoms with van der Waals surface area (Å²) in [6.45, 7) is 1.67. The summed E-state index contributed by atoms with van der Waals surface area (Å²) in [6.07, 6.45) is 0.226. The average Bonchev–Trinajstić information content (AvgIpc) is 2.42. The largest absolute Gasteiger partial charge is 0.478 e. The Hall–Kier alpha value is -2.82. The van der Waals surface area contributed by atoms with E-state index in [0.29, 0.717) is 16.8 Å². The van der Waals surface area contributed by atoms with Gasteiger partial charge >= 0.3 is 11.9 Å². The van der Waals surface area contributed by atoms with E-state index in [1.54, 1.807) is 31.2 Å². The highest BCUT2D eigenvalue weighted by Crippen LogP contribution is 2.22. The van der Waals surface area contributed by atoms with E-state index in [4.69, 9.17) is 5.73 Å². The first kappa shape index (κ1) is 14.6. The molecule has 21 heavy (non-hydrogen) atoms. The second kappa shape index (κ2) is 5.66. The summed E-state index contributed by atoms with van der Waals surface area (Å²) in [6, 6.07) is 9.89. The minimum atomic E-state index is -1.13. The molecule has 0 spiro atoms. The Kier molecular flexibility index (Phi) is 3.93. The fraction of sp³-hybridized carbons (Fsp3) is 0.125. The van der Waals surface area contributed by atoms with Crippen LogP contribution in [0.3, 0.4) is 0 Å². The van der Waals surface area contributed by atoms with Gasteiger partial charge in [0.05, 0.1) is 11.1 Å². The number of anilines is 1. The molecule has 5 heteroatoms. The monoisotopic (exact) mass is 285 g/mol. The highest BCUT2D eigenvalue weighted by atomic mass is 16.4. The molecular formula is C16H15NO4. The Labute approximate surface area is 121 Å². The molecule has 2 aromatic rings. The van der Waals surface area contributed by atoms with Crippen LogP contribution in [-0.2, 0) is 6.42 Å². The highest BCUT2D eigenvalue weighted by Gasteiger charge is 2.19. The molecule has 0 heterocycles. The smallest absolute Gasteiger partial charge is 0.336 e. The fourth-order valence-electron chi connectivity index (χ4n) is 2.23. The van der Waals surface area contributed by atoms with Crippen LogP contribution in [0, 0.1) is 6.92 Å². The van der Waals surface area contributed by atoms with Gasteiger partial charge in [-0.1, -0.05) is 12.1 Å². The lowest BCUT2D eigenvalue weighted by Crippen LogP contribution is -2.11. The van der Waals surface area contributed by atoms with Crippen LogP contribution >= 0.6 is 0 Å². The van der Waals surface area contributed by atoms with Crippen molar-refractivity contribution in [2.75, 3.05) is 5.73 Å². The van der Waals surface area contributed by atoms with Crippen LogP contribution in [0.25, 0.3) is 0 Å². The molecule has 0 saturated heterocycles. The van der Waals surface area contributed by atoms with E-state index in [-0.39, 0.29) is 17.5 Å². The van der Waals surface area contributed by atoms with Crippen molar-refractivity contribution in [3.05, 3.63) is 64.2 Å². The van der Waals surface area contributed by atoms with Crippen LogP contribution in [-0.4, -0.2) is 22.2 Å². The van der Waals surface area contributed by atoms with E-state index in [2.05, 4.69) is 0 Å². The SMILES string of the molecule is Cc1cc(C(=O)O)c(Cc2ccc(N)cc2)c(C(=O)O)c1. The third-order valence-corrected chi connectivity index (χ3v) is 3.22. The molecule has 0 atom stereocenters. The number of nitrogens with two attached hydrogens (primary N) is 1. The molecule has 0 fully saturated rings. The van der Waals surface area contributed by atoms with E-state index in [0.717, 1.165) is 5.56 Å². The summed E-state index contributed by atoms with van der Waals surface area (Å²) in [5, 5.41) is 18.6. The predicted octanol–water partition coefficient (Wildman–Crippen LogP) is 2.56. The van der Waals surface area contributed by atoms with Crippen molar-refractivity contribution in [2.24, 2.45) is 0 Å². The second-order valence-corrected chi connectivity index (χ2v) is 4.87. The summed E-state index contributed by atoms with van der Waals surface area (Å²) < 4.78 is 0. The van der Waals surface area contributed by atoms with Crippen molar-refractivity contribution in [1.29, 1.82) is 0 Å². The maximum absolute atomic E-state index is 11.4. The molecule has 0 aliphatic rings. The van der Waals surface area contributed by atoms with Gasteiger partial charge in [-0.15, -0.1) is 0 Å². The second-order valence-electron chi connectivity index (χ2n) is 4.87. The zero-order valence-electron chi connectivity index (χ0n) is 11.5. The number of rotatable bonds is 4. The lowest BCUT2D eigenvalue weighted by atomic mass is 9.92. The molecule has 5 nitrogen and oxygen atoms in total. The molecule has 0 unspecified atom stereocenters. The Bertz CT molecular complexity index is 670. The zero-order chi connectivity index (χ0) is 15.6. The standard InChI is InChI=1S/C16H15NO4/c1-9-6-13(15(18)19)12(14(7-9)16(20)21)8-10-2-4-11(17)5-3-10/h2-7H,8,17H2,1H3,(H,18,19)(H,20,21). The molecule has 0 saturated carbocycles. The lowest BCUT2D eigenvalue weighted by molar-refractivity contribution is 0.0695. The van der Waals surface area contributed by atoms with E-state index < -0.39 is 11.9 Å². The van der Waals surface area contributed by atoms with Crippen LogP contribution in [0.5, 0.6) is 0 Å². The van der Waals surface area contributed by atoms with Gasteiger partial charge in [-0.25, -0.2) is 9.59 Å². The van der Waals surface area contributed by atoms with Crippen molar-refractivity contribution < 1.29 is 19.8 Å². The van der Waals surface area contributed by atoms with Gasteiger partial charge in [-0.05, 0) is 54.3 Å². The number of carbonyl (C=O) groups is 2. The summed E-state index contributed by atoms with van der Waals surface area (Å²) in [4.78, 5) is 22.8. The first-order chi connectivity index (χ1) is 9.88. The van der Waals surface area contributed by atoms with E-state index in [1.165, 1.54) is 12.1 Å². The first-order valence-corrected chi connectivity index (χ1v) is 6.33. The number of carboxylic acids is 2. The van der Waals surface area contributed by atoms with Gasteiger partial charge in [-0.2, -0.15) is 0 Å². The van der Waals surface area contributed by atoms with Crippen molar-refractivity contribution in [2.45, 2.75) is 13.3 Å². The molecule has 2 rings (SSSR count). The molecule has 4 N–H and O–H groups in total. The minimum absolute atomic E-state index is 0.0178. The summed E-state index contributed by atoms with van der Waals surface area (Å²) in [5.74, 6) is -2.27. The molecule has 0 aliphatic carbocycles. The predicted molar refractivity (Wildman–Crippen MR) is 78.8 cm³/mol. The van der Waals surface area contributed by atoms with Gasteiger partial charge in [0.1, 0.15) is 0 Å². The Morgan fingerprint density at radius 3 is 1.90 bits per heavy atom. The van der Waals surface area contributed by atoms with E-state index in [9.17, 15) is 19.8 Å². The number of aryl methyl sites for hydroxylation is 1. The van der Waals surface area contributed by atoms with Crippen LogP contribution in [0.1, 0.15) is 37.4 Å². The summed E-state index contributed by atoms with van der Waals surface area (Å²) in [7, 11) is 0. The van der Waals surface area contributed by atoms with E-state index >= 15 is 0 Å². The van der Waals surface area contributed by atoms with Crippen LogP contribution in [0.15, 0.2) is 36.4 Å². The molecule has 2 aromatic carbocycles. The number of benzene rings is 2. The normalized spacial score (nSPS) is 10.3. The zero-order valence-corrected chi connectivity index (χ0v) is 11.5. The highest BCUT2D eigenvalue weighted by molar-refractivity contribution is 5.97. The Morgan fingerprint density at radius 1 is 1.00 bits per heavy atom. The van der Waals surface area contributed by atoms with Gasteiger partial charge < -0.3 is 15.9 Å². The topological polar surface area (TPSA) is 101 Å². The number of carboxylic acid groups (broad SMARTS) is 2. The van der Waals surface area contributed by atoms with Gasteiger partial charge in [0, 0.05) is 5.69 Å². The number of aromatic carboxylic acids is 2. The molecule has 0 aromatic heterocycles. The van der Waals surface area contributed by atoms with Crippen molar-refractivity contribution in [3.8, 4) is 0 Å². The first-order valence-electron chi connectivity index (χ1n) is 6.33. The molecule has 0 bridgehead atoms. The van der Waals surface area contributed by atoms with Crippen molar-refractivity contribution in [1.82, 2.24) is 0 Å². The van der Waals surface area contributed by atoms with Crippen molar-refractivity contribution >= 4 is 17.6 Å². The maximum Gasteiger partial charge on any atom is 0.336 e.